The van der Waals surface area contributed by atoms with Crippen molar-refractivity contribution < 1.29 is 20.1 Å². The van der Waals surface area contributed by atoms with E-state index in [9.17, 15) is 10.2 Å². The highest BCUT2D eigenvalue weighted by Crippen LogP contribution is 2.28. The molecule has 0 aromatic rings. The molecule has 4 heteroatoms. The van der Waals surface area contributed by atoms with Gasteiger partial charge in [0.25, 0.3) is 0 Å². The molecule has 1 aliphatic heterocycles. The van der Waals surface area contributed by atoms with Crippen molar-refractivity contribution in [1.82, 2.24) is 0 Å². The van der Waals surface area contributed by atoms with E-state index in [-0.39, 0.29) is 24.7 Å². The molecule has 0 bridgehead atoms. The highest BCUT2D eigenvalue weighted by Gasteiger charge is 2.40. The first-order chi connectivity index (χ1) is 7.10. The fraction of sp³-hybridized carbons (Fsp3) is 0.818. The summed E-state index contributed by atoms with van der Waals surface area (Å²) in [6, 6.07) is 0. The quantitative estimate of drug-likeness (QED) is 0.434. The van der Waals surface area contributed by atoms with Crippen LogP contribution in [0.4, 0.5) is 0 Å². The molecular formula is C11H20O4. The van der Waals surface area contributed by atoms with Gasteiger partial charge in [0.2, 0.25) is 0 Å². The molecule has 0 saturated carbocycles. The molecule has 0 amide bonds. The summed E-state index contributed by atoms with van der Waals surface area (Å²) in [4.78, 5) is 0. The largest absolute Gasteiger partial charge is 0.394 e. The number of aliphatic hydroxyl groups is 3. The van der Waals surface area contributed by atoms with E-state index in [0.717, 1.165) is 0 Å². The van der Waals surface area contributed by atoms with Crippen LogP contribution in [0.5, 0.6) is 0 Å². The average Bonchev–Trinajstić information content (AvgIpc) is 2.95. The van der Waals surface area contributed by atoms with Crippen molar-refractivity contribution in [3.05, 3.63) is 12.2 Å². The molecule has 5 atom stereocenters. The molecular weight excluding hydrogens is 196 g/mol. The Morgan fingerprint density at radius 3 is 2.47 bits per heavy atom. The number of rotatable bonds is 6. The van der Waals surface area contributed by atoms with E-state index < -0.39 is 12.2 Å². The van der Waals surface area contributed by atoms with Gasteiger partial charge in [0.1, 0.15) is 6.10 Å². The van der Waals surface area contributed by atoms with E-state index in [1.807, 2.05) is 6.92 Å². The third kappa shape index (κ3) is 3.57. The fourth-order valence-electron chi connectivity index (χ4n) is 1.60. The lowest BCUT2D eigenvalue weighted by molar-refractivity contribution is 0.0355. The number of epoxide rings is 1. The predicted molar refractivity (Wildman–Crippen MR) is 56.4 cm³/mol. The van der Waals surface area contributed by atoms with Gasteiger partial charge in [-0.2, -0.15) is 0 Å². The van der Waals surface area contributed by atoms with E-state index in [1.165, 1.54) is 0 Å². The molecule has 1 heterocycles. The maximum atomic E-state index is 9.78. The van der Waals surface area contributed by atoms with E-state index in [0.29, 0.717) is 6.42 Å². The molecule has 0 spiro atoms. The van der Waals surface area contributed by atoms with Crippen molar-refractivity contribution >= 4 is 0 Å². The van der Waals surface area contributed by atoms with Crippen LogP contribution < -0.4 is 0 Å². The van der Waals surface area contributed by atoms with Crippen LogP contribution in [-0.4, -0.2) is 46.3 Å². The van der Waals surface area contributed by atoms with Gasteiger partial charge in [0.05, 0.1) is 24.9 Å². The SMILES string of the molecule is C/C=C/[C@@H](O)[C@H](C)[C@@H](O)C[C@@H]1O[C@H]1CO. The van der Waals surface area contributed by atoms with Gasteiger partial charge in [-0.15, -0.1) is 0 Å². The molecule has 1 fully saturated rings. The summed E-state index contributed by atoms with van der Waals surface area (Å²) in [5, 5.41) is 28.1. The zero-order chi connectivity index (χ0) is 11.4. The smallest absolute Gasteiger partial charge is 0.107 e. The molecule has 1 saturated heterocycles. The molecule has 15 heavy (non-hydrogen) atoms. The molecule has 0 radical (unpaired) electrons. The van der Waals surface area contributed by atoms with Crippen LogP contribution in [0, 0.1) is 5.92 Å². The normalized spacial score (nSPS) is 31.5. The number of allylic oxidation sites excluding steroid dienone is 1. The van der Waals surface area contributed by atoms with Gasteiger partial charge in [0.15, 0.2) is 0 Å². The first-order valence-electron chi connectivity index (χ1n) is 5.35. The third-order valence-corrected chi connectivity index (χ3v) is 2.88. The molecule has 0 aromatic heterocycles. The van der Waals surface area contributed by atoms with E-state index in [1.54, 1.807) is 19.1 Å². The Kier molecular flexibility index (Phi) is 4.73. The van der Waals surface area contributed by atoms with Crippen molar-refractivity contribution in [1.29, 1.82) is 0 Å². The summed E-state index contributed by atoms with van der Waals surface area (Å²) in [5.41, 5.74) is 0. The standard InChI is InChI=1S/C11H20O4/c1-3-4-8(13)7(2)9(14)5-10-11(6-12)15-10/h3-4,7-14H,5-6H2,1-2H3/b4-3+/t7-,8+,9-,10-,11-/m0/s1. The summed E-state index contributed by atoms with van der Waals surface area (Å²) < 4.78 is 5.12. The Labute approximate surface area is 90.2 Å². The number of hydrogen-bond acceptors (Lipinski definition) is 4. The number of ether oxygens (including phenoxy) is 1. The van der Waals surface area contributed by atoms with Crippen molar-refractivity contribution in [2.24, 2.45) is 5.92 Å². The molecule has 0 aliphatic carbocycles. The zero-order valence-electron chi connectivity index (χ0n) is 9.21. The molecule has 4 nitrogen and oxygen atoms in total. The minimum Gasteiger partial charge on any atom is -0.394 e. The second kappa shape index (κ2) is 5.61. The van der Waals surface area contributed by atoms with Crippen LogP contribution in [0.3, 0.4) is 0 Å². The Morgan fingerprint density at radius 2 is 2.00 bits per heavy atom. The molecule has 0 unspecified atom stereocenters. The number of hydrogen-bond donors (Lipinski definition) is 3. The van der Waals surface area contributed by atoms with Crippen molar-refractivity contribution in [2.45, 2.75) is 44.7 Å². The van der Waals surface area contributed by atoms with Gasteiger partial charge < -0.3 is 20.1 Å². The predicted octanol–water partition coefficient (Wildman–Crippen LogP) is 0.0702. The van der Waals surface area contributed by atoms with E-state index in [4.69, 9.17) is 9.84 Å². The molecule has 88 valence electrons. The minimum atomic E-state index is -0.628. The zero-order valence-corrected chi connectivity index (χ0v) is 9.21. The minimum absolute atomic E-state index is 0.00316. The van der Waals surface area contributed by atoms with Crippen LogP contribution in [0.2, 0.25) is 0 Å². The maximum absolute atomic E-state index is 9.78. The van der Waals surface area contributed by atoms with Crippen molar-refractivity contribution in [3.8, 4) is 0 Å². The van der Waals surface area contributed by atoms with Crippen molar-refractivity contribution in [2.75, 3.05) is 6.61 Å². The molecule has 1 aliphatic rings. The van der Waals surface area contributed by atoms with Crippen molar-refractivity contribution in [3.63, 3.8) is 0 Å². The van der Waals surface area contributed by atoms with Crippen LogP contribution in [0.15, 0.2) is 12.2 Å². The Balaban J connectivity index is 2.30. The van der Waals surface area contributed by atoms with Crippen LogP contribution >= 0.6 is 0 Å². The lowest BCUT2D eigenvalue weighted by atomic mass is 9.94. The summed E-state index contributed by atoms with van der Waals surface area (Å²) in [7, 11) is 0. The molecule has 3 N–H and O–H groups in total. The van der Waals surface area contributed by atoms with Gasteiger partial charge in [0, 0.05) is 12.3 Å². The van der Waals surface area contributed by atoms with Crippen LogP contribution in [0.25, 0.3) is 0 Å². The molecule has 0 aromatic carbocycles. The summed E-state index contributed by atoms with van der Waals surface area (Å²) >= 11 is 0. The van der Waals surface area contributed by atoms with E-state index >= 15 is 0 Å². The fourth-order valence-corrected chi connectivity index (χ4v) is 1.60. The molecule has 1 rings (SSSR count). The average molecular weight is 216 g/mol. The first kappa shape index (κ1) is 12.6. The first-order valence-corrected chi connectivity index (χ1v) is 5.35. The van der Waals surface area contributed by atoms with Gasteiger partial charge in [-0.05, 0) is 6.92 Å². The topological polar surface area (TPSA) is 73.2 Å². The third-order valence-electron chi connectivity index (χ3n) is 2.88. The highest BCUT2D eigenvalue weighted by atomic mass is 16.6. The summed E-state index contributed by atoms with van der Waals surface area (Å²) in [6.07, 6.45) is 2.49. The Morgan fingerprint density at radius 1 is 1.33 bits per heavy atom. The second-order valence-corrected chi connectivity index (χ2v) is 4.07. The monoisotopic (exact) mass is 216 g/mol. The Hall–Kier alpha value is -0.420. The van der Waals surface area contributed by atoms with Gasteiger partial charge in [-0.25, -0.2) is 0 Å². The van der Waals surface area contributed by atoms with Crippen LogP contribution in [0.1, 0.15) is 20.3 Å². The van der Waals surface area contributed by atoms with Gasteiger partial charge in [-0.1, -0.05) is 19.1 Å². The maximum Gasteiger partial charge on any atom is 0.107 e. The number of aliphatic hydroxyl groups excluding tert-OH is 3. The van der Waals surface area contributed by atoms with E-state index in [2.05, 4.69) is 0 Å². The van der Waals surface area contributed by atoms with Gasteiger partial charge >= 0.3 is 0 Å². The lowest BCUT2D eigenvalue weighted by Gasteiger charge is -2.21. The van der Waals surface area contributed by atoms with Gasteiger partial charge in [-0.3, -0.25) is 0 Å². The highest BCUT2D eigenvalue weighted by molar-refractivity contribution is 4.93. The van der Waals surface area contributed by atoms with Crippen LogP contribution in [-0.2, 0) is 4.74 Å². The second-order valence-electron chi connectivity index (χ2n) is 4.07. The summed E-state index contributed by atoms with van der Waals surface area (Å²) in [5.74, 6) is -0.218. The summed E-state index contributed by atoms with van der Waals surface area (Å²) in [6.45, 7) is 3.63. The lowest BCUT2D eigenvalue weighted by Crippen LogP contribution is -2.29. The Bertz CT molecular complexity index is 217.